The minimum Gasteiger partial charge on any atom is -0.478 e. The van der Waals surface area contributed by atoms with Gasteiger partial charge in [0.2, 0.25) is 0 Å². The number of hydrogen-bond acceptors (Lipinski definition) is 3. The van der Waals surface area contributed by atoms with Gasteiger partial charge in [0.25, 0.3) is 0 Å². The maximum Gasteiger partial charge on any atom is 0.337 e. The van der Waals surface area contributed by atoms with Gasteiger partial charge in [-0.3, -0.25) is 0 Å². The summed E-state index contributed by atoms with van der Waals surface area (Å²) in [5.41, 5.74) is 7.55. The van der Waals surface area contributed by atoms with Crippen LogP contribution in [-0.2, 0) is 0 Å². The van der Waals surface area contributed by atoms with Gasteiger partial charge in [-0.25, -0.2) is 4.79 Å². The fourth-order valence-electron chi connectivity index (χ4n) is 2.95. The van der Waals surface area contributed by atoms with Gasteiger partial charge in [-0.05, 0) is 34.9 Å². The molecule has 4 heteroatoms. The number of rotatable bonds is 4. The van der Waals surface area contributed by atoms with E-state index < -0.39 is 5.97 Å². The average Bonchev–Trinajstić information content (AvgIpc) is 2.68. The summed E-state index contributed by atoms with van der Waals surface area (Å²) in [5, 5.41) is 12.4. The highest BCUT2D eigenvalue weighted by Gasteiger charge is 2.64. The van der Waals surface area contributed by atoms with Gasteiger partial charge in [-0.15, -0.1) is 0 Å². The van der Waals surface area contributed by atoms with E-state index in [1.54, 1.807) is 12.1 Å². The number of carboxylic acid groups (broad SMARTS) is 1. The molecule has 19 heavy (non-hydrogen) atoms. The minimum atomic E-state index is -0.955. The molecule has 1 aliphatic carbocycles. The van der Waals surface area contributed by atoms with Crippen LogP contribution < -0.4 is 11.1 Å². The Bertz CT molecular complexity index is 507. The molecule has 0 aliphatic heterocycles. The Balaban J connectivity index is 2.11. The van der Waals surface area contributed by atoms with Crippen molar-refractivity contribution in [2.24, 2.45) is 16.7 Å². The monoisotopic (exact) mass is 262 g/mol. The number of nitrogens with one attached hydrogen (secondary N) is 1. The fourth-order valence-corrected chi connectivity index (χ4v) is 2.95. The fraction of sp³-hybridized carbons (Fsp3) is 0.533. The standard InChI is InChI=1S/C15H22N2O2/c1-14(2)12(15(14,3)4)8-17-11-6-5-9(16)7-10(11)13(18)19/h5-7,12,17H,8,16H2,1-4H3,(H,18,19). The van der Waals surface area contributed by atoms with Gasteiger partial charge in [0.1, 0.15) is 0 Å². The van der Waals surface area contributed by atoms with Gasteiger partial charge in [0.05, 0.1) is 5.56 Å². The summed E-state index contributed by atoms with van der Waals surface area (Å²) in [6.07, 6.45) is 0. The lowest BCUT2D eigenvalue weighted by Crippen LogP contribution is -2.12. The first-order chi connectivity index (χ1) is 8.68. The van der Waals surface area contributed by atoms with Crippen molar-refractivity contribution >= 4 is 17.3 Å². The Morgan fingerprint density at radius 2 is 1.89 bits per heavy atom. The van der Waals surface area contributed by atoms with Crippen LogP contribution in [0, 0.1) is 16.7 Å². The minimum absolute atomic E-state index is 0.233. The number of anilines is 2. The average molecular weight is 262 g/mol. The Kier molecular flexibility index (Phi) is 3.00. The summed E-state index contributed by atoms with van der Waals surface area (Å²) in [5.74, 6) is -0.414. The topological polar surface area (TPSA) is 75.3 Å². The van der Waals surface area contributed by atoms with E-state index in [9.17, 15) is 9.90 Å². The molecule has 1 aliphatic rings. The summed E-state index contributed by atoms with van der Waals surface area (Å²) in [4.78, 5) is 11.2. The summed E-state index contributed by atoms with van der Waals surface area (Å²) in [6, 6.07) is 4.95. The molecule has 0 amide bonds. The van der Waals surface area contributed by atoms with Gasteiger partial charge in [0.15, 0.2) is 0 Å². The molecule has 1 aromatic carbocycles. The number of hydrogen-bond donors (Lipinski definition) is 3. The van der Waals surface area contributed by atoms with E-state index in [-0.39, 0.29) is 16.4 Å². The van der Waals surface area contributed by atoms with Gasteiger partial charge in [-0.2, -0.15) is 0 Å². The molecule has 2 rings (SSSR count). The van der Waals surface area contributed by atoms with Crippen LogP contribution in [0.1, 0.15) is 38.1 Å². The molecule has 0 spiro atoms. The zero-order valence-electron chi connectivity index (χ0n) is 11.9. The number of aromatic carboxylic acids is 1. The smallest absolute Gasteiger partial charge is 0.337 e. The van der Waals surface area contributed by atoms with Gasteiger partial charge >= 0.3 is 5.97 Å². The van der Waals surface area contributed by atoms with E-state index in [0.717, 1.165) is 6.54 Å². The van der Waals surface area contributed by atoms with Gasteiger partial charge < -0.3 is 16.2 Å². The normalized spacial score (nSPS) is 20.0. The molecule has 0 bridgehead atoms. The third-order valence-electron chi connectivity index (χ3n) is 5.09. The lowest BCUT2D eigenvalue weighted by Gasteiger charge is -2.11. The number of nitrogens with two attached hydrogens (primary N) is 1. The lowest BCUT2D eigenvalue weighted by atomic mass is 10.0. The first-order valence-electron chi connectivity index (χ1n) is 6.54. The summed E-state index contributed by atoms with van der Waals surface area (Å²) >= 11 is 0. The second kappa shape index (κ2) is 4.15. The van der Waals surface area contributed by atoms with Crippen LogP contribution in [0.15, 0.2) is 18.2 Å². The van der Waals surface area contributed by atoms with Crippen molar-refractivity contribution in [2.45, 2.75) is 27.7 Å². The Morgan fingerprint density at radius 3 is 2.37 bits per heavy atom. The first kappa shape index (κ1) is 13.7. The number of nitrogen functional groups attached to an aromatic ring is 1. The molecule has 0 heterocycles. The molecular formula is C15H22N2O2. The van der Waals surface area contributed by atoms with Crippen molar-refractivity contribution in [1.29, 1.82) is 0 Å². The second-order valence-electron chi connectivity index (χ2n) is 6.49. The van der Waals surface area contributed by atoms with Crippen LogP contribution in [0.2, 0.25) is 0 Å². The molecule has 104 valence electrons. The summed E-state index contributed by atoms with van der Waals surface area (Å²) in [7, 11) is 0. The summed E-state index contributed by atoms with van der Waals surface area (Å²) < 4.78 is 0. The predicted molar refractivity (Wildman–Crippen MR) is 77.4 cm³/mol. The highest BCUT2D eigenvalue weighted by Crippen LogP contribution is 2.68. The van der Waals surface area contributed by atoms with Gasteiger partial charge in [0, 0.05) is 17.9 Å². The Hall–Kier alpha value is -1.71. The zero-order valence-corrected chi connectivity index (χ0v) is 11.9. The molecule has 1 fully saturated rings. The van der Waals surface area contributed by atoms with E-state index in [1.165, 1.54) is 6.07 Å². The zero-order chi connectivity index (χ0) is 14.4. The van der Waals surface area contributed by atoms with E-state index in [1.807, 2.05) is 0 Å². The number of carbonyl (C=O) groups is 1. The van der Waals surface area contributed by atoms with Crippen LogP contribution >= 0.6 is 0 Å². The third kappa shape index (κ3) is 2.15. The van der Waals surface area contributed by atoms with Crippen molar-refractivity contribution in [3.63, 3.8) is 0 Å². The van der Waals surface area contributed by atoms with Gasteiger partial charge in [-0.1, -0.05) is 27.7 Å². The van der Waals surface area contributed by atoms with E-state index in [2.05, 4.69) is 33.0 Å². The van der Waals surface area contributed by atoms with Crippen LogP contribution in [0.25, 0.3) is 0 Å². The van der Waals surface area contributed by atoms with Crippen LogP contribution in [-0.4, -0.2) is 17.6 Å². The van der Waals surface area contributed by atoms with Crippen molar-refractivity contribution < 1.29 is 9.90 Å². The SMILES string of the molecule is CC1(C)C(CNc2ccc(N)cc2C(=O)O)C1(C)C. The lowest BCUT2D eigenvalue weighted by molar-refractivity contribution is 0.0698. The molecule has 1 saturated carbocycles. The van der Waals surface area contributed by atoms with Crippen molar-refractivity contribution in [3.8, 4) is 0 Å². The quantitative estimate of drug-likeness (QED) is 0.729. The number of benzene rings is 1. The Morgan fingerprint density at radius 1 is 1.32 bits per heavy atom. The van der Waals surface area contributed by atoms with E-state index in [4.69, 9.17) is 5.73 Å². The molecule has 1 aromatic rings. The van der Waals surface area contributed by atoms with Crippen LogP contribution in [0.5, 0.6) is 0 Å². The highest BCUT2D eigenvalue weighted by molar-refractivity contribution is 5.95. The van der Waals surface area contributed by atoms with Crippen molar-refractivity contribution in [2.75, 3.05) is 17.6 Å². The second-order valence-corrected chi connectivity index (χ2v) is 6.49. The van der Waals surface area contributed by atoms with Crippen LogP contribution in [0.3, 0.4) is 0 Å². The molecule has 0 aromatic heterocycles. The number of carboxylic acids is 1. The Labute approximate surface area is 114 Å². The highest BCUT2D eigenvalue weighted by atomic mass is 16.4. The molecule has 0 radical (unpaired) electrons. The van der Waals surface area contributed by atoms with Crippen LogP contribution in [0.4, 0.5) is 11.4 Å². The van der Waals surface area contributed by atoms with Crippen molar-refractivity contribution in [1.82, 2.24) is 0 Å². The van der Waals surface area contributed by atoms with E-state index >= 15 is 0 Å². The van der Waals surface area contributed by atoms with E-state index in [0.29, 0.717) is 17.3 Å². The molecule has 0 saturated heterocycles. The molecular weight excluding hydrogens is 240 g/mol. The van der Waals surface area contributed by atoms with Crippen molar-refractivity contribution in [3.05, 3.63) is 23.8 Å². The first-order valence-corrected chi connectivity index (χ1v) is 6.54. The summed E-state index contributed by atoms with van der Waals surface area (Å²) in [6.45, 7) is 9.78. The molecule has 0 atom stereocenters. The molecule has 0 unspecified atom stereocenters. The third-order valence-corrected chi connectivity index (χ3v) is 5.09. The molecule has 4 N–H and O–H groups in total. The maximum absolute atomic E-state index is 11.2. The maximum atomic E-state index is 11.2. The largest absolute Gasteiger partial charge is 0.478 e. The predicted octanol–water partition coefficient (Wildman–Crippen LogP) is 3.06. The molecule has 4 nitrogen and oxygen atoms in total.